The summed E-state index contributed by atoms with van der Waals surface area (Å²) in [6.07, 6.45) is 0.703. The van der Waals surface area contributed by atoms with Gasteiger partial charge in [-0.25, -0.2) is 0 Å². The largest absolute Gasteiger partial charge is 0.378 e. The van der Waals surface area contributed by atoms with Gasteiger partial charge in [0, 0.05) is 13.1 Å². The Hall–Kier alpha value is -1.88. The first-order chi connectivity index (χ1) is 10.6. The van der Waals surface area contributed by atoms with Crippen LogP contribution >= 0.6 is 0 Å². The number of hydrogen-bond acceptors (Lipinski definition) is 3. The van der Waals surface area contributed by atoms with Gasteiger partial charge in [0.25, 0.3) is 0 Å². The highest BCUT2D eigenvalue weighted by Crippen LogP contribution is 2.19. The molecule has 1 aliphatic rings. The van der Waals surface area contributed by atoms with Gasteiger partial charge in [-0.2, -0.15) is 0 Å². The zero-order chi connectivity index (χ0) is 15.9. The van der Waals surface area contributed by atoms with Crippen LogP contribution in [0.3, 0.4) is 0 Å². The van der Waals surface area contributed by atoms with E-state index in [1.54, 1.807) is 11.8 Å². The van der Waals surface area contributed by atoms with Crippen LogP contribution in [0.1, 0.15) is 31.7 Å². The first kappa shape index (κ1) is 16.5. The van der Waals surface area contributed by atoms with E-state index in [0.29, 0.717) is 32.7 Å². The summed E-state index contributed by atoms with van der Waals surface area (Å²) in [6.45, 7) is 6.03. The van der Waals surface area contributed by atoms with Crippen LogP contribution in [0.4, 0.5) is 0 Å². The molecule has 2 atom stereocenters. The SMILES string of the molecule is CC[C@H](C(=O)N[C@@H](C)C(=O)N1CCOCC1)c1ccccc1. The van der Waals surface area contributed by atoms with Gasteiger partial charge in [-0.05, 0) is 18.9 Å². The van der Waals surface area contributed by atoms with Gasteiger partial charge in [-0.3, -0.25) is 9.59 Å². The van der Waals surface area contributed by atoms with Gasteiger partial charge in [-0.1, -0.05) is 37.3 Å². The topological polar surface area (TPSA) is 58.6 Å². The summed E-state index contributed by atoms with van der Waals surface area (Å²) in [5, 5.41) is 2.86. The molecule has 1 heterocycles. The van der Waals surface area contributed by atoms with Gasteiger partial charge in [0.1, 0.15) is 6.04 Å². The highest BCUT2D eigenvalue weighted by atomic mass is 16.5. The second kappa shape index (κ2) is 7.94. The summed E-state index contributed by atoms with van der Waals surface area (Å²) in [4.78, 5) is 26.6. The number of nitrogens with zero attached hydrogens (tertiary/aromatic N) is 1. The Kier molecular flexibility index (Phi) is 5.95. The molecule has 5 heteroatoms. The number of hydrogen-bond donors (Lipinski definition) is 1. The molecule has 120 valence electrons. The number of carbonyl (C=O) groups excluding carboxylic acids is 2. The predicted molar refractivity (Wildman–Crippen MR) is 84.5 cm³/mol. The van der Waals surface area contributed by atoms with Crippen LogP contribution in [0, 0.1) is 0 Å². The zero-order valence-electron chi connectivity index (χ0n) is 13.2. The minimum Gasteiger partial charge on any atom is -0.378 e. The molecule has 1 fully saturated rings. The van der Waals surface area contributed by atoms with Gasteiger partial charge in [-0.15, -0.1) is 0 Å². The molecule has 0 aliphatic carbocycles. The van der Waals surface area contributed by atoms with E-state index >= 15 is 0 Å². The van der Waals surface area contributed by atoms with Crippen molar-refractivity contribution in [1.82, 2.24) is 10.2 Å². The lowest BCUT2D eigenvalue weighted by Crippen LogP contribution is -2.51. The van der Waals surface area contributed by atoms with E-state index in [1.165, 1.54) is 0 Å². The molecule has 22 heavy (non-hydrogen) atoms. The summed E-state index contributed by atoms with van der Waals surface area (Å²) in [6, 6.07) is 9.16. The summed E-state index contributed by atoms with van der Waals surface area (Å²) in [5.74, 6) is -0.358. The number of nitrogens with one attached hydrogen (secondary N) is 1. The average Bonchev–Trinajstić information content (AvgIpc) is 2.56. The van der Waals surface area contributed by atoms with Crippen LogP contribution in [0.2, 0.25) is 0 Å². The first-order valence-electron chi connectivity index (χ1n) is 7.85. The minimum atomic E-state index is -0.511. The third-order valence-corrected chi connectivity index (χ3v) is 3.98. The van der Waals surface area contributed by atoms with E-state index in [0.717, 1.165) is 5.56 Å². The molecule has 0 unspecified atom stereocenters. The summed E-state index contributed by atoms with van der Waals surface area (Å²) in [7, 11) is 0. The molecular weight excluding hydrogens is 280 g/mol. The van der Waals surface area contributed by atoms with Crippen LogP contribution in [0.15, 0.2) is 30.3 Å². The molecule has 2 amide bonds. The second-order valence-electron chi connectivity index (χ2n) is 5.54. The van der Waals surface area contributed by atoms with Crippen molar-refractivity contribution in [3.05, 3.63) is 35.9 Å². The van der Waals surface area contributed by atoms with E-state index in [1.807, 2.05) is 37.3 Å². The molecule has 1 aromatic carbocycles. The molecule has 2 rings (SSSR count). The minimum absolute atomic E-state index is 0.0421. The van der Waals surface area contributed by atoms with Crippen molar-refractivity contribution in [2.24, 2.45) is 0 Å². The zero-order valence-corrected chi connectivity index (χ0v) is 13.2. The maximum Gasteiger partial charge on any atom is 0.245 e. The second-order valence-corrected chi connectivity index (χ2v) is 5.54. The summed E-state index contributed by atoms with van der Waals surface area (Å²) in [5.41, 5.74) is 0.980. The van der Waals surface area contributed by atoms with Crippen molar-refractivity contribution in [3.8, 4) is 0 Å². The maximum atomic E-state index is 12.5. The van der Waals surface area contributed by atoms with Crippen LogP contribution in [-0.4, -0.2) is 49.1 Å². The van der Waals surface area contributed by atoms with Crippen molar-refractivity contribution in [2.75, 3.05) is 26.3 Å². The molecule has 5 nitrogen and oxygen atoms in total. The van der Waals surface area contributed by atoms with E-state index in [4.69, 9.17) is 4.74 Å². The smallest absolute Gasteiger partial charge is 0.245 e. The Morgan fingerprint density at radius 1 is 1.23 bits per heavy atom. The molecule has 0 bridgehead atoms. The maximum absolute atomic E-state index is 12.5. The standard InChI is InChI=1S/C17H24N2O3/c1-3-15(14-7-5-4-6-8-14)16(20)18-13(2)17(21)19-9-11-22-12-10-19/h4-8,13,15H,3,9-12H2,1-2H3,(H,18,20)/t13-,15-/m0/s1. The lowest BCUT2D eigenvalue weighted by molar-refractivity contribution is -0.139. The van der Waals surface area contributed by atoms with Gasteiger partial charge in [0.05, 0.1) is 19.1 Å². The molecule has 1 saturated heterocycles. The van der Waals surface area contributed by atoms with E-state index in [-0.39, 0.29) is 17.7 Å². The van der Waals surface area contributed by atoms with E-state index in [9.17, 15) is 9.59 Å². The number of benzene rings is 1. The first-order valence-corrected chi connectivity index (χ1v) is 7.85. The Bertz CT molecular complexity index is 498. The fraction of sp³-hybridized carbons (Fsp3) is 0.529. The number of ether oxygens (including phenoxy) is 1. The normalized spacial score (nSPS) is 17.6. The molecule has 1 aliphatic heterocycles. The lowest BCUT2D eigenvalue weighted by Gasteiger charge is -2.30. The Morgan fingerprint density at radius 3 is 2.45 bits per heavy atom. The highest BCUT2D eigenvalue weighted by molar-refractivity contribution is 5.90. The lowest BCUT2D eigenvalue weighted by atomic mass is 9.95. The molecule has 1 aromatic rings. The average molecular weight is 304 g/mol. The van der Waals surface area contributed by atoms with Gasteiger partial charge < -0.3 is 15.0 Å². The monoisotopic (exact) mass is 304 g/mol. The quantitative estimate of drug-likeness (QED) is 0.898. The number of rotatable bonds is 5. The molecule has 0 saturated carbocycles. The third-order valence-electron chi connectivity index (χ3n) is 3.98. The fourth-order valence-corrected chi connectivity index (χ4v) is 2.69. The number of amides is 2. The van der Waals surface area contributed by atoms with Gasteiger partial charge in [0.2, 0.25) is 11.8 Å². The van der Waals surface area contributed by atoms with Gasteiger partial charge >= 0.3 is 0 Å². The Balaban J connectivity index is 1.96. The van der Waals surface area contributed by atoms with Crippen molar-refractivity contribution in [1.29, 1.82) is 0 Å². The van der Waals surface area contributed by atoms with Crippen molar-refractivity contribution < 1.29 is 14.3 Å². The molecule has 1 N–H and O–H groups in total. The molecule has 0 spiro atoms. The molecule has 0 aromatic heterocycles. The fourth-order valence-electron chi connectivity index (χ4n) is 2.69. The summed E-state index contributed by atoms with van der Waals surface area (Å²) >= 11 is 0. The molecular formula is C17H24N2O3. The van der Waals surface area contributed by atoms with Crippen LogP contribution in [0.25, 0.3) is 0 Å². The van der Waals surface area contributed by atoms with E-state index in [2.05, 4.69) is 5.32 Å². The Labute approximate surface area is 131 Å². The van der Waals surface area contributed by atoms with Crippen molar-refractivity contribution in [2.45, 2.75) is 32.2 Å². The van der Waals surface area contributed by atoms with Crippen molar-refractivity contribution in [3.63, 3.8) is 0 Å². The predicted octanol–water partition coefficient (Wildman–Crippen LogP) is 1.54. The van der Waals surface area contributed by atoms with Crippen molar-refractivity contribution >= 4 is 11.8 Å². The third kappa shape index (κ3) is 4.07. The molecule has 0 radical (unpaired) electrons. The Morgan fingerprint density at radius 2 is 1.86 bits per heavy atom. The van der Waals surface area contributed by atoms with Crippen LogP contribution < -0.4 is 5.32 Å². The number of carbonyl (C=O) groups is 2. The number of morpholine rings is 1. The summed E-state index contributed by atoms with van der Waals surface area (Å²) < 4.78 is 5.24. The highest BCUT2D eigenvalue weighted by Gasteiger charge is 2.26. The van der Waals surface area contributed by atoms with Gasteiger partial charge in [0.15, 0.2) is 0 Å². The van der Waals surface area contributed by atoms with E-state index < -0.39 is 6.04 Å². The van der Waals surface area contributed by atoms with Crippen LogP contribution in [0.5, 0.6) is 0 Å². The van der Waals surface area contributed by atoms with Crippen LogP contribution in [-0.2, 0) is 14.3 Å².